The van der Waals surface area contributed by atoms with Crippen LogP contribution in [0.1, 0.15) is 19.9 Å². The van der Waals surface area contributed by atoms with Crippen LogP contribution < -0.4 is 10.7 Å². The van der Waals surface area contributed by atoms with Crippen LogP contribution in [-0.2, 0) is 10.0 Å². The molecular formula is C8H12N2O3S. The molecular weight excluding hydrogens is 204 g/mol. The van der Waals surface area contributed by atoms with E-state index in [0.29, 0.717) is 0 Å². The molecule has 0 spiro atoms. The summed E-state index contributed by atoms with van der Waals surface area (Å²) < 4.78 is 23.3. The Hall–Kier alpha value is -1.14. The standard InChI is InChI=1S/C8H12N2O3S/c1-6(2)10-5-7(14(9,12)13)3-4-8(10)11/h3-6H,1-2H3,(H2,9,12,13). The minimum atomic E-state index is -3.74. The lowest BCUT2D eigenvalue weighted by Gasteiger charge is -2.10. The second-order valence-electron chi connectivity index (χ2n) is 3.25. The van der Waals surface area contributed by atoms with Crippen molar-refractivity contribution in [1.29, 1.82) is 0 Å². The molecule has 1 aromatic heterocycles. The topological polar surface area (TPSA) is 82.2 Å². The number of hydrogen-bond donors (Lipinski definition) is 1. The first-order chi connectivity index (χ1) is 6.32. The summed E-state index contributed by atoms with van der Waals surface area (Å²) in [6.45, 7) is 3.57. The molecule has 1 rings (SSSR count). The third-order valence-corrected chi connectivity index (χ3v) is 2.69. The predicted octanol–water partition coefficient (Wildman–Crippen LogP) is 0.0766. The monoisotopic (exact) mass is 216 g/mol. The lowest BCUT2D eigenvalue weighted by atomic mass is 10.3. The van der Waals surface area contributed by atoms with Crippen molar-refractivity contribution >= 4 is 10.0 Å². The largest absolute Gasteiger partial charge is 0.312 e. The van der Waals surface area contributed by atoms with Crippen LogP contribution in [0.15, 0.2) is 28.0 Å². The van der Waals surface area contributed by atoms with Gasteiger partial charge in [-0.25, -0.2) is 13.6 Å². The zero-order valence-electron chi connectivity index (χ0n) is 7.97. The van der Waals surface area contributed by atoms with Crippen LogP contribution in [0.2, 0.25) is 0 Å². The molecule has 0 aliphatic carbocycles. The quantitative estimate of drug-likeness (QED) is 0.759. The van der Waals surface area contributed by atoms with Crippen LogP contribution in [-0.4, -0.2) is 13.0 Å². The molecule has 1 heterocycles. The number of hydrogen-bond acceptors (Lipinski definition) is 3. The molecule has 0 aromatic carbocycles. The number of rotatable bonds is 2. The molecule has 0 radical (unpaired) electrons. The minimum Gasteiger partial charge on any atom is -0.312 e. The number of pyridine rings is 1. The Balaban J connectivity index is 3.42. The molecule has 78 valence electrons. The number of primary sulfonamides is 1. The smallest absolute Gasteiger partial charge is 0.250 e. The highest BCUT2D eigenvalue weighted by Gasteiger charge is 2.10. The van der Waals surface area contributed by atoms with Gasteiger partial charge in [0.2, 0.25) is 10.0 Å². The van der Waals surface area contributed by atoms with Crippen molar-refractivity contribution in [2.24, 2.45) is 5.14 Å². The van der Waals surface area contributed by atoms with Crippen molar-refractivity contribution in [3.8, 4) is 0 Å². The van der Waals surface area contributed by atoms with Gasteiger partial charge in [0.25, 0.3) is 5.56 Å². The Kier molecular flexibility index (Phi) is 2.77. The fraction of sp³-hybridized carbons (Fsp3) is 0.375. The van der Waals surface area contributed by atoms with Gasteiger partial charge in [-0.1, -0.05) is 0 Å². The number of nitrogens with two attached hydrogens (primary N) is 1. The molecule has 14 heavy (non-hydrogen) atoms. The van der Waals surface area contributed by atoms with Gasteiger partial charge in [0.15, 0.2) is 0 Å². The summed E-state index contributed by atoms with van der Waals surface area (Å²) in [7, 11) is -3.74. The van der Waals surface area contributed by atoms with E-state index in [2.05, 4.69) is 0 Å². The Morgan fingerprint density at radius 1 is 1.36 bits per heavy atom. The first kappa shape index (κ1) is 10.9. The average molecular weight is 216 g/mol. The van der Waals surface area contributed by atoms with Crippen LogP contribution in [0, 0.1) is 0 Å². The summed E-state index contributed by atoms with van der Waals surface area (Å²) in [6, 6.07) is 2.31. The Labute approximate surface area is 82.2 Å². The van der Waals surface area contributed by atoms with Gasteiger partial charge in [-0.15, -0.1) is 0 Å². The second-order valence-corrected chi connectivity index (χ2v) is 4.81. The molecule has 0 saturated heterocycles. The maximum absolute atomic E-state index is 11.3. The number of sulfonamides is 1. The maximum atomic E-state index is 11.3. The van der Waals surface area contributed by atoms with Gasteiger partial charge < -0.3 is 4.57 Å². The molecule has 0 unspecified atom stereocenters. The average Bonchev–Trinajstić information content (AvgIpc) is 2.02. The molecule has 5 nitrogen and oxygen atoms in total. The zero-order valence-corrected chi connectivity index (χ0v) is 8.78. The zero-order chi connectivity index (χ0) is 10.9. The fourth-order valence-electron chi connectivity index (χ4n) is 1.06. The van der Waals surface area contributed by atoms with Gasteiger partial charge in [-0.3, -0.25) is 4.79 Å². The van der Waals surface area contributed by atoms with Crippen LogP contribution in [0.25, 0.3) is 0 Å². The molecule has 0 aliphatic heterocycles. The maximum Gasteiger partial charge on any atom is 0.250 e. The molecule has 0 fully saturated rings. The van der Waals surface area contributed by atoms with E-state index in [-0.39, 0.29) is 16.5 Å². The van der Waals surface area contributed by atoms with Crippen LogP contribution in [0.4, 0.5) is 0 Å². The summed E-state index contributed by atoms with van der Waals surface area (Å²) in [5, 5.41) is 4.93. The summed E-state index contributed by atoms with van der Waals surface area (Å²) in [4.78, 5) is 11.2. The SMILES string of the molecule is CC(C)n1cc(S(N)(=O)=O)ccc1=O. The van der Waals surface area contributed by atoms with E-state index in [1.54, 1.807) is 13.8 Å². The molecule has 1 aromatic rings. The Morgan fingerprint density at radius 2 is 1.93 bits per heavy atom. The highest BCUT2D eigenvalue weighted by Crippen LogP contribution is 2.06. The lowest BCUT2D eigenvalue weighted by molar-refractivity contribution is 0.564. The molecule has 0 bridgehead atoms. The summed E-state index contributed by atoms with van der Waals surface area (Å²) in [5.41, 5.74) is -0.243. The Bertz CT molecular complexity index is 488. The van der Waals surface area contributed by atoms with Crippen molar-refractivity contribution in [2.45, 2.75) is 24.8 Å². The van der Waals surface area contributed by atoms with Gasteiger partial charge in [0.05, 0.1) is 4.90 Å². The van der Waals surface area contributed by atoms with Crippen LogP contribution in [0.3, 0.4) is 0 Å². The molecule has 0 amide bonds. The van der Waals surface area contributed by atoms with E-state index in [9.17, 15) is 13.2 Å². The van der Waals surface area contributed by atoms with E-state index in [4.69, 9.17) is 5.14 Å². The summed E-state index contributed by atoms with van der Waals surface area (Å²) in [6.07, 6.45) is 1.25. The van der Waals surface area contributed by atoms with E-state index in [1.165, 1.54) is 22.9 Å². The van der Waals surface area contributed by atoms with Crippen molar-refractivity contribution in [3.63, 3.8) is 0 Å². The molecule has 6 heteroatoms. The third-order valence-electron chi connectivity index (χ3n) is 1.80. The van der Waals surface area contributed by atoms with E-state index in [0.717, 1.165) is 0 Å². The highest BCUT2D eigenvalue weighted by molar-refractivity contribution is 7.89. The normalized spacial score (nSPS) is 12.0. The van der Waals surface area contributed by atoms with Crippen molar-refractivity contribution in [2.75, 3.05) is 0 Å². The lowest BCUT2D eigenvalue weighted by Crippen LogP contribution is -2.23. The van der Waals surface area contributed by atoms with Gasteiger partial charge in [0.1, 0.15) is 0 Å². The first-order valence-corrected chi connectivity index (χ1v) is 5.62. The van der Waals surface area contributed by atoms with Crippen molar-refractivity contribution in [1.82, 2.24) is 4.57 Å². The number of nitrogens with zero attached hydrogens (tertiary/aromatic N) is 1. The minimum absolute atomic E-state index is 0.0502. The van der Waals surface area contributed by atoms with Crippen LogP contribution in [0.5, 0.6) is 0 Å². The first-order valence-electron chi connectivity index (χ1n) is 4.07. The summed E-state index contributed by atoms with van der Waals surface area (Å²) >= 11 is 0. The third kappa shape index (κ3) is 2.21. The van der Waals surface area contributed by atoms with E-state index < -0.39 is 10.0 Å². The predicted molar refractivity (Wildman–Crippen MR) is 52.5 cm³/mol. The van der Waals surface area contributed by atoms with Crippen molar-refractivity contribution < 1.29 is 8.42 Å². The van der Waals surface area contributed by atoms with Crippen LogP contribution >= 0.6 is 0 Å². The molecule has 0 saturated carbocycles. The van der Waals surface area contributed by atoms with Gasteiger partial charge in [-0.05, 0) is 19.9 Å². The molecule has 0 atom stereocenters. The molecule has 0 aliphatic rings. The van der Waals surface area contributed by atoms with Gasteiger partial charge in [-0.2, -0.15) is 0 Å². The second kappa shape index (κ2) is 3.55. The van der Waals surface area contributed by atoms with E-state index >= 15 is 0 Å². The van der Waals surface area contributed by atoms with E-state index in [1.807, 2.05) is 0 Å². The fourth-order valence-corrected chi connectivity index (χ4v) is 1.57. The Morgan fingerprint density at radius 3 is 2.36 bits per heavy atom. The summed E-state index contributed by atoms with van der Waals surface area (Å²) in [5.74, 6) is 0. The van der Waals surface area contributed by atoms with Gasteiger partial charge in [0, 0.05) is 18.3 Å². The highest BCUT2D eigenvalue weighted by atomic mass is 32.2. The molecule has 2 N–H and O–H groups in total. The van der Waals surface area contributed by atoms with Gasteiger partial charge >= 0.3 is 0 Å². The van der Waals surface area contributed by atoms with Crippen molar-refractivity contribution in [3.05, 3.63) is 28.7 Å². The number of aromatic nitrogens is 1.